The molecule has 0 amide bonds. The average Bonchev–Trinajstić information content (AvgIpc) is 3.13. The van der Waals surface area contributed by atoms with Crippen molar-refractivity contribution in [1.82, 2.24) is 24.5 Å². The van der Waals surface area contributed by atoms with Crippen LogP contribution in [0, 0.1) is 5.82 Å². The molecule has 0 aliphatic heterocycles. The van der Waals surface area contributed by atoms with Crippen molar-refractivity contribution in [3.05, 3.63) is 35.5 Å². The maximum atomic E-state index is 15.0. The third kappa shape index (κ3) is 5.34. The highest BCUT2D eigenvalue weighted by molar-refractivity contribution is 6.33. The van der Waals surface area contributed by atoms with Gasteiger partial charge in [-0.3, -0.25) is 0 Å². The summed E-state index contributed by atoms with van der Waals surface area (Å²) in [5.74, 6) is -0.622. The van der Waals surface area contributed by atoms with Crippen LogP contribution in [0.25, 0.3) is 16.9 Å². The van der Waals surface area contributed by atoms with E-state index < -0.39 is 18.0 Å². The minimum atomic E-state index is -4.55. The second-order valence-electron chi connectivity index (χ2n) is 7.15. The van der Waals surface area contributed by atoms with E-state index in [9.17, 15) is 17.6 Å². The summed E-state index contributed by atoms with van der Waals surface area (Å²) in [6.07, 6.45) is -2.69. The fourth-order valence-electron chi connectivity index (χ4n) is 2.83. The van der Waals surface area contributed by atoms with Crippen molar-refractivity contribution in [1.29, 1.82) is 0 Å². The Kier molecular flexibility index (Phi) is 6.85. The lowest BCUT2D eigenvalue weighted by molar-refractivity contribution is -0.138. The number of halogens is 5. The molecule has 1 aromatic carbocycles. The Morgan fingerprint density at radius 2 is 2.03 bits per heavy atom. The van der Waals surface area contributed by atoms with Gasteiger partial charge in [-0.15, -0.1) is 0 Å². The lowest BCUT2D eigenvalue weighted by Crippen LogP contribution is -2.34. The Labute approximate surface area is 181 Å². The second-order valence-corrected chi connectivity index (χ2v) is 7.51. The standard InChI is InChI=1S/C19H21ClF4N6O/c1-11(19(22,23)24)27-17-15(16(20)28-18-25-10-26-30(17)18)13-6-5-12(9-14(13)21)31-8-4-7-29(2)3/h5-6,9-11,27H,4,7-8H2,1-3H3/t11-/m0/s1. The maximum Gasteiger partial charge on any atom is 0.408 e. The van der Waals surface area contributed by atoms with Gasteiger partial charge in [0.1, 0.15) is 34.9 Å². The maximum absolute atomic E-state index is 15.0. The summed E-state index contributed by atoms with van der Waals surface area (Å²) in [4.78, 5) is 9.87. The molecule has 2 heterocycles. The quantitative estimate of drug-likeness (QED) is 0.307. The first-order valence-corrected chi connectivity index (χ1v) is 9.75. The van der Waals surface area contributed by atoms with Gasteiger partial charge in [0.15, 0.2) is 0 Å². The van der Waals surface area contributed by atoms with Gasteiger partial charge >= 0.3 is 6.18 Å². The molecule has 0 spiro atoms. The van der Waals surface area contributed by atoms with Crippen molar-refractivity contribution >= 4 is 23.2 Å². The molecule has 0 fully saturated rings. The zero-order valence-electron chi connectivity index (χ0n) is 17.0. The van der Waals surface area contributed by atoms with Crippen LogP contribution in [0.4, 0.5) is 23.4 Å². The largest absolute Gasteiger partial charge is 0.493 e. The molecule has 3 rings (SSSR count). The van der Waals surface area contributed by atoms with Crippen molar-refractivity contribution in [3.63, 3.8) is 0 Å². The van der Waals surface area contributed by atoms with Crippen molar-refractivity contribution in [2.24, 2.45) is 0 Å². The Bertz CT molecular complexity index is 1060. The minimum absolute atomic E-state index is 0.0214. The van der Waals surface area contributed by atoms with Crippen molar-refractivity contribution in [2.75, 3.05) is 32.6 Å². The molecule has 7 nitrogen and oxygen atoms in total. The van der Waals surface area contributed by atoms with E-state index in [1.165, 1.54) is 12.1 Å². The second kappa shape index (κ2) is 9.23. The molecule has 0 bridgehead atoms. The van der Waals surface area contributed by atoms with Gasteiger partial charge in [0.2, 0.25) is 0 Å². The van der Waals surface area contributed by atoms with E-state index in [1.807, 2.05) is 19.0 Å². The summed E-state index contributed by atoms with van der Waals surface area (Å²) >= 11 is 6.23. The van der Waals surface area contributed by atoms with Gasteiger partial charge in [0, 0.05) is 18.2 Å². The number of anilines is 1. The molecular weight excluding hydrogens is 440 g/mol. The monoisotopic (exact) mass is 460 g/mol. The molecule has 168 valence electrons. The molecule has 0 aliphatic rings. The molecular formula is C19H21ClF4N6O. The average molecular weight is 461 g/mol. The number of aromatic nitrogens is 4. The molecule has 0 radical (unpaired) electrons. The van der Waals surface area contributed by atoms with Crippen molar-refractivity contribution in [3.8, 4) is 16.9 Å². The lowest BCUT2D eigenvalue weighted by Gasteiger charge is -2.21. The van der Waals surface area contributed by atoms with E-state index in [0.29, 0.717) is 12.4 Å². The van der Waals surface area contributed by atoms with E-state index in [-0.39, 0.29) is 27.9 Å². The Morgan fingerprint density at radius 1 is 1.29 bits per heavy atom. The highest BCUT2D eigenvalue weighted by atomic mass is 35.5. The zero-order valence-corrected chi connectivity index (χ0v) is 17.8. The first-order valence-electron chi connectivity index (χ1n) is 9.38. The highest BCUT2D eigenvalue weighted by Crippen LogP contribution is 2.38. The number of rotatable bonds is 8. The van der Waals surface area contributed by atoms with Crippen molar-refractivity contribution in [2.45, 2.75) is 25.6 Å². The normalized spacial score (nSPS) is 13.1. The topological polar surface area (TPSA) is 67.6 Å². The van der Waals surface area contributed by atoms with Gasteiger partial charge in [-0.05, 0) is 39.6 Å². The SMILES string of the molecule is C[C@H](Nc1c(-c2ccc(OCCCN(C)C)cc2F)c(Cl)nc2ncnn12)C(F)(F)F. The highest BCUT2D eigenvalue weighted by Gasteiger charge is 2.37. The third-order valence-electron chi connectivity index (χ3n) is 4.46. The molecule has 1 atom stereocenters. The molecule has 0 aliphatic carbocycles. The predicted octanol–water partition coefficient (Wildman–Crippen LogP) is 4.28. The van der Waals surface area contributed by atoms with Crippen LogP contribution in [0.5, 0.6) is 5.75 Å². The molecule has 0 unspecified atom stereocenters. The summed E-state index contributed by atoms with van der Waals surface area (Å²) in [7, 11) is 3.87. The fraction of sp³-hybridized carbons (Fsp3) is 0.421. The number of nitrogens with zero attached hydrogens (tertiary/aromatic N) is 5. The van der Waals surface area contributed by atoms with Crippen LogP contribution in [-0.4, -0.2) is 63.9 Å². The van der Waals surface area contributed by atoms with Gasteiger partial charge in [-0.1, -0.05) is 11.6 Å². The molecule has 31 heavy (non-hydrogen) atoms. The molecule has 0 saturated heterocycles. The predicted molar refractivity (Wildman–Crippen MR) is 109 cm³/mol. The Morgan fingerprint density at radius 3 is 2.68 bits per heavy atom. The molecule has 1 N–H and O–H groups in total. The summed E-state index contributed by atoms with van der Waals surface area (Å²) in [6.45, 7) is 2.13. The molecule has 0 saturated carbocycles. The van der Waals surface area contributed by atoms with Crippen LogP contribution in [0.3, 0.4) is 0 Å². The summed E-state index contributed by atoms with van der Waals surface area (Å²) < 4.78 is 61.1. The molecule has 3 aromatic rings. The van der Waals surface area contributed by atoms with E-state index in [2.05, 4.69) is 20.4 Å². The molecule has 2 aromatic heterocycles. The zero-order chi connectivity index (χ0) is 22.8. The van der Waals surface area contributed by atoms with Gasteiger partial charge in [0.25, 0.3) is 5.78 Å². The van der Waals surface area contributed by atoms with Gasteiger partial charge in [-0.2, -0.15) is 32.8 Å². The van der Waals surface area contributed by atoms with Crippen LogP contribution in [0.15, 0.2) is 24.5 Å². The number of alkyl halides is 3. The Balaban J connectivity index is 1.98. The van der Waals surface area contributed by atoms with Gasteiger partial charge < -0.3 is 15.0 Å². The van der Waals surface area contributed by atoms with E-state index in [1.54, 1.807) is 0 Å². The smallest absolute Gasteiger partial charge is 0.408 e. The van der Waals surface area contributed by atoms with E-state index in [4.69, 9.17) is 16.3 Å². The summed E-state index contributed by atoms with van der Waals surface area (Å²) in [5.41, 5.74) is -0.111. The lowest BCUT2D eigenvalue weighted by atomic mass is 10.1. The Hall–Kier alpha value is -2.66. The number of ether oxygens (including phenoxy) is 1. The summed E-state index contributed by atoms with van der Waals surface area (Å²) in [6, 6.07) is 2.10. The number of fused-ring (bicyclic) bond motifs is 1. The van der Waals surface area contributed by atoms with Crippen molar-refractivity contribution < 1.29 is 22.3 Å². The van der Waals surface area contributed by atoms with E-state index in [0.717, 1.165) is 36.8 Å². The first kappa shape index (κ1) is 23.0. The first-order chi connectivity index (χ1) is 14.6. The number of benzene rings is 1. The van der Waals surface area contributed by atoms with Gasteiger partial charge in [0.05, 0.1) is 12.2 Å². The summed E-state index contributed by atoms with van der Waals surface area (Å²) in [5, 5.41) is 6.01. The van der Waals surface area contributed by atoms with Crippen LogP contribution < -0.4 is 10.1 Å². The van der Waals surface area contributed by atoms with Crippen LogP contribution >= 0.6 is 11.6 Å². The van der Waals surface area contributed by atoms with Gasteiger partial charge in [-0.25, -0.2) is 4.39 Å². The van der Waals surface area contributed by atoms with Crippen LogP contribution in [0.2, 0.25) is 5.15 Å². The minimum Gasteiger partial charge on any atom is -0.493 e. The third-order valence-corrected chi connectivity index (χ3v) is 4.73. The van der Waals surface area contributed by atoms with Crippen LogP contribution in [0.1, 0.15) is 13.3 Å². The van der Waals surface area contributed by atoms with Crippen LogP contribution in [-0.2, 0) is 0 Å². The molecule has 12 heteroatoms. The number of hydrogen-bond acceptors (Lipinski definition) is 6. The number of nitrogens with one attached hydrogen (secondary N) is 1. The van der Waals surface area contributed by atoms with E-state index >= 15 is 0 Å². The fourth-order valence-corrected chi connectivity index (χ4v) is 3.10. The number of hydrogen-bond donors (Lipinski definition) is 1.